The second-order valence-corrected chi connectivity index (χ2v) is 8.51. The monoisotopic (exact) mass is 426 g/mol. The maximum absolute atomic E-state index is 12.1. The van der Waals surface area contributed by atoms with Crippen LogP contribution in [0.25, 0.3) is 0 Å². The number of nitrogens with one attached hydrogen (secondary N) is 1. The Kier molecular flexibility index (Phi) is 7.84. The van der Waals surface area contributed by atoms with Crippen molar-refractivity contribution in [1.29, 1.82) is 0 Å². The van der Waals surface area contributed by atoms with Gasteiger partial charge in [-0.25, -0.2) is 4.98 Å². The summed E-state index contributed by atoms with van der Waals surface area (Å²) >= 11 is 3.01. The number of anilines is 1. The molecular formula is C22H22N2O3S2. The summed E-state index contributed by atoms with van der Waals surface area (Å²) in [4.78, 5) is 29.6. The lowest BCUT2D eigenvalue weighted by Crippen LogP contribution is -2.14. The Morgan fingerprint density at radius 1 is 1.10 bits per heavy atom. The second-order valence-electron chi connectivity index (χ2n) is 6.40. The summed E-state index contributed by atoms with van der Waals surface area (Å²) in [5.41, 5.74) is 2.57. The molecule has 0 saturated carbocycles. The van der Waals surface area contributed by atoms with Crippen LogP contribution in [0.15, 0.2) is 64.9 Å². The lowest BCUT2D eigenvalue weighted by atomic mass is 10.2. The fraction of sp³-hybridized carbons (Fsp3) is 0.227. The topological polar surface area (TPSA) is 68.3 Å². The molecule has 0 aliphatic rings. The Morgan fingerprint density at radius 2 is 1.86 bits per heavy atom. The molecule has 29 heavy (non-hydrogen) atoms. The Balaban J connectivity index is 1.37. The molecule has 2 aromatic carbocycles. The zero-order chi connectivity index (χ0) is 20.5. The highest BCUT2D eigenvalue weighted by Crippen LogP contribution is 2.18. The van der Waals surface area contributed by atoms with E-state index in [0.717, 1.165) is 16.1 Å². The van der Waals surface area contributed by atoms with E-state index in [0.29, 0.717) is 22.9 Å². The molecule has 0 fully saturated rings. The van der Waals surface area contributed by atoms with Gasteiger partial charge in [0.1, 0.15) is 11.6 Å². The van der Waals surface area contributed by atoms with Crippen LogP contribution in [0.3, 0.4) is 0 Å². The third-order valence-corrected chi connectivity index (χ3v) is 5.86. The van der Waals surface area contributed by atoms with Gasteiger partial charge in [0.05, 0.1) is 18.5 Å². The van der Waals surface area contributed by atoms with Crippen LogP contribution in [-0.4, -0.2) is 22.6 Å². The molecule has 0 spiro atoms. The molecule has 3 aromatic rings. The smallest absolute Gasteiger partial charge is 0.307 e. The molecule has 150 valence electrons. The fourth-order valence-electron chi connectivity index (χ4n) is 2.47. The zero-order valence-electron chi connectivity index (χ0n) is 16.1. The maximum atomic E-state index is 12.1. The summed E-state index contributed by atoms with van der Waals surface area (Å²) < 4.78 is 5.28. The van der Waals surface area contributed by atoms with Gasteiger partial charge in [-0.15, -0.1) is 23.1 Å². The van der Waals surface area contributed by atoms with Gasteiger partial charge in [0.15, 0.2) is 0 Å². The van der Waals surface area contributed by atoms with Crippen LogP contribution in [0.2, 0.25) is 0 Å². The highest BCUT2D eigenvalue weighted by Gasteiger charge is 2.10. The van der Waals surface area contributed by atoms with E-state index >= 15 is 0 Å². The third kappa shape index (κ3) is 7.36. The standard InChI is InChI=1S/C22H22N2O3S2/c1-16-7-9-17(10-8-16)23-20(25)13-21-24-18(15-29-21)14-27-22(26)11-12-28-19-5-3-2-4-6-19/h2-10,15H,11-14H2,1H3,(H,23,25). The largest absolute Gasteiger partial charge is 0.459 e. The number of aryl methyl sites for hydroxylation is 1. The van der Waals surface area contributed by atoms with Gasteiger partial charge in [0.2, 0.25) is 5.91 Å². The number of rotatable bonds is 9. The van der Waals surface area contributed by atoms with E-state index in [1.807, 2.05) is 66.9 Å². The van der Waals surface area contributed by atoms with Crippen molar-refractivity contribution in [2.75, 3.05) is 11.1 Å². The summed E-state index contributed by atoms with van der Waals surface area (Å²) in [6, 6.07) is 17.6. The van der Waals surface area contributed by atoms with E-state index < -0.39 is 0 Å². The molecule has 1 aromatic heterocycles. The van der Waals surface area contributed by atoms with E-state index in [2.05, 4.69) is 10.3 Å². The maximum Gasteiger partial charge on any atom is 0.307 e. The average Bonchev–Trinajstić information content (AvgIpc) is 3.16. The number of ether oxygens (including phenoxy) is 1. The van der Waals surface area contributed by atoms with Crippen LogP contribution < -0.4 is 5.32 Å². The Bertz CT molecular complexity index is 940. The molecule has 0 bridgehead atoms. The van der Waals surface area contributed by atoms with Crippen LogP contribution >= 0.6 is 23.1 Å². The van der Waals surface area contributed by atoms with Gasteiger partial charge in [0.25, 0.3) is 0 Å². The van der Waals surface area contributed by atoms with Gasteiger partial charge in [-0.05, 0) is 31.2 Å². The summed E-state index contributed by atoms with van der Waals surface area (Å²) in [6.07, 6.45) is 0.537. The van der Waals surface area contributed by atoms with Crippen LogP contribution in [-0.2, 0) is 27.4 Å². The highest BCUT2D eigenvalue weighted by molar-refractivity contribution is 7.99. The molecule has 1 heterocycles. The van der Waals surface area contributed by atoms with Crippen molar-refractivity contribution in [2.45, 2.75) is 31.3 Å². The molecular weight excluding hydrogens is 404 g/mol. The van der Waals surface area contributed by atoms with Crippen molar-refractivity contribution in [2.24, 2.45) is 0 Å². The van der Waals surface area contributed by atoms with Gasteiger partial charge >= 0.3 is 5.97 Å². The third-order valence-electron chi connectivity index (χ3n) is 3.95. The average molecular weight is 427 g/mol. The summed E-state index contributed by atoms with van der Waals surface area (Å²) in [5, 5.41) is 5.37. The van der Waals surface area contributed by atoms with E-state index in [9.17, 15) is 9.59 Å². The van der Waals surface area contributed by atoms with Gasteiger partial charge in [-0.3, -0.25) is 9.59 Å². The Morgan fingerprint density at radius 3 is 2.62 bits per heavy atom. The van der Waals surface area contributed by atoms with Gasteiger partial charge in [-0.1, -0.05) is 35.9 Å². The predicted molar refractivity (Wildman–Crippen MR) is 117 cm³/mol. The van der Waals surface area contributed by atoms with Gasteiger partial charge < -0.3 is 10.1 Å². The van der Waals surface area contributed by atoms with E-state index in [-0.39, 0.29) is 24.9 Å². The number of esters is 1. The van der Waals surface area contributed by atoms with Crippen molar-refractivity contribution in [1.82, 2.24) is 4.98 Å². The minimum Gasteiger partial charge on any atom is -0.459 e. The van der Waals surface area contributed by atoms with Gasteiger partial charge in [0, 0.05) is 21.7 Å². The Hall–Kier alpha value is -2.64. The first kappa shape index (κ1) is 21.1. The molecule has 0 atom stereocenters. The van der Waals surface area contributed by atoms with Crippen LogP contribution in [0.4, 0.5) is 5.69 Å². The first-order valence-electron chi connectivity index (χ1n) is 9.22. The normalized spacial score (nSPS) is 10.5. The minimum atomic E-state index is -0.250. The number of amides is 1. The molecule has 1 N–H and O–H groups in total. The van der Waals surface area contributed by atoms with E-state index in [1.54, 1.807) is 11.8 Å². The molecule has 0 saturated heterocycles. The second kappa shape index (κ2) is 10.8. The number of benzene rings is 2. The lowest BCUT2D eigenvalue weighted by Gasteiger charge is -2.04. The van der Waals surface area contributed by atoms with Crippen LogP contribution in [0, 0.1) is 6.92 Å². The van der Waals surface area contributed by atoms with Crippen LogP contribution in [0.1, 0.15) is 22.7 Å². The number of carbonyl (C=O) groups excluding carboxylic acids is 2. The van der Waals surface area contributed by atoms with Crippen molar-refractivity contribution in [3.8, 4) is 0 Å². The first-order valence-corrected chi connectivity index (χ1v) is 11.1. The van der Waals surface area contributed by atoms with Crippen molar-refractivity contribution in [3.05, 3.63) is 76.2 Å². The summed E-state index contributed by atoms with van der Waals surface area (Å²) in [5.74, 6) is 0.300. The molecule has 7 heteroatoms. The minimum absolute atomic E-state index is 0.121. The number of thiazole rings is 1. The number of aromatic nitrogens is 1. The zero-order valence-corrected chi connectivity index (χ0v) is 17.7. The van der Waals surface area contributed by atoms with E-state index in [4.69, 9.17) is 4.74 Å². The number of carbonyl (C=O) groups is 2. The highest BCUT2D eigenvalue weighted by atomic mass is 32.2. The number of hydrogen-bond donors (Lipinski definition) is 1. The van der Waals surface area contributed by atoms with Crippen LogP contribution in [0.5, 0.6) is 0 Å². The molecule has 0 unspecified atom stereocenters. The Labute approximate surface area is 178 Å². The molecule has 0 radical (unpaired) electrons. The summed E-state index contributed by atoms with van der Waals surface area (Å²) in [6.45, 7) is 2.13. The lowest BCUT2D eigenvalue weighted by molar-refractivity contribution is -0.144. The fourth-order valence-corrected chi connectivity index (χ4v) is 4.10. The number of hydrogen-bond acceptors (Lipinski definition) is 6. The molecule has 5 nitrogen and oxygen atoms in total. The summed E-state index contributed by atoms with van der Waals surface area (Å²) in [7, 11) is 0. The molecule has 0 aliphatic carbocycles. The number of thioether (sulfide) groups is 1. The first-order chi connectivity index (χ1) is 14.1. The van der Waals surface area contributed by atoms with E-state index in [1.165, 1.54) is 11.3 Å². The quantitative estimate of drug-likeness (QED) is 0.391. The van der Waals surface area contributed by atoms with Gasteiger partial charge in [-0.2, -0.15) is 0 Å². The van der Waals surface area contributed by atoms with Crippen molar-refractivity contribution >= 4 is 40.7 Å². The number of nitrogens with zero attached hydrogens (tertiary/aromatic N) is 1. The molecule has 3 rings (SSSR count). The predicted octanol–water partition coefficient (Wildman–Crippen LogP) is 4.86. The van der Waals surface area contributed by atoms with Crippen molar-refractivity contribution < 1.29 is 14.3 Å². The molecule has 0 aliphatic heterocycles. The SMILES string of the molecule is Cc1ccc(NC(=O)Cc2nc(COC(=O)CCSc3ccccc3)cs2)cc1. The van der Waals surface area contributed by atoms with Crippen molar-refractivity contribution in [3.63, 3.8) is 0 Å². The molecule has 1 amide bonds.